The highest BCUT2D eigenvalue weighted by Crippen LogP contribution is 2.21. The number of amides is 1. The van der Waals surface area contributed by atoms with Gasteiger partial charge in [0.2, 0.25) is 10.0 Å². The summed E-state index contributed by atoms with van der Waals surface area (Å²) >= 11 is 0. The highest BCUT2D eigenvalue weighted by molar-refractivity contribution is 7.89. The molecular formula is C22H26N2O7S. The first-order valence-corrected chi connectivity index (χ1v) is 11.5. The van der Waals surface area contributed by atoms with Crippen LogP contribution in [0.1, 0.15) is 22.8 Å². The number of nitrogens with zero attached hydrogens (tertiary/aromatic N) is 1. The van der Waals surface area contributed by atoms with E-state index in [4.69, 9.17) is 14.2 Å². The zero-order valence-electron chi connectivity index (χ0n) is 17.9. The molecule has 2 aromatic rings. The molecule has 172 valence electrons. The van der Waals surface area contributed by atoms with Crippen LogP contribution in [0.5, 0.6) is 0 Å². The number of carbonyl (C=O) groups excluding carboxylic acids is 2. The zero-order valence-corrected chi connectivity index (χ0v) is 18.8. The molecule has 1 N–H and O–H groups in total. The van der Waals surface area contributed by atoms with Crippen molar-refractivity contribution in [3.63, 3.8) is 0 Å². The monoisotopic (exact) mass is 462 g/mol. The van der Waals surface area contributed by atoms with E-state index in [1.807, 2.05) is 0 Å². The van der Waals surface area contributed by atoms with Crippen LogP contribution >= 0.6 is 0 Å². The zero-order chi connectivity index (χ0) is 23.1. The summed E-state index contributed by atoms with van der Waals surface area (Å²) in [4.78, 5) is 24.9. The van der Waals surface area contributed by atoms with Gasteiger partial charge in [-0.3, -0.25) is 4.79 Å². The summed E-state index contributed by atoms with van der Waals surface area (Å²) in [6.45, 7) is 3.10. The van der Waals surface area contributed by atoms with Crippen molar-refractivity contribution in [2.24, 2.45) is 0 Å². The third-order valence-corrected chi connectivity index (χ3v) is 6.76. The fourth-order valence-electron chi connectivity index (χ4n) is 3.10. The van der Waals surface area contributed by atoms with Gasteiger partial charge in [0.25, 0.3) is 5.91 Å². The Labute approximate surface area is 187 Å². The van der Waals surface area contributed by atoms with E-state index in [0.29, 0.717) is 25.4 Å². The number of anilines is 1. The topological polar surface area (TPSA) is 111 Å². The molecule has 1 aliphatic rings. The largest absolute Gasteiger partial charge is 0.449 e. The number of rotatable bonds is 8. The molecule has 1 heterocycles. The van der Waals surface area contributed by atoms with Crippen molar-refractivity contribution < 1.29 is 32.2 Å². The van der Waals surface area contributed by atoms with E-state index in [1.54, 1.807) is 43.5 Å². The molecule has 3 rings (SSSR count). The van der Waals surface area contributed by atoms with Crippen molar-refractivity contribution in [2.45, 2.75) is 24.5 Å². The van der Waals surface area contributed by atoms with Gasteiger partial charge in [0.1, 0.15) is 0 Å². The van der Waals surface area contributed by atoms with E-state index in [-0.39, 0.29) is 23.7 Å². The predicted molar refractivity (Wildman–Crippen MR) is 117 cm³/mol. The van der Waals surface area contributed by atoms with Crippen LogP contribution in [0.2, 0.25) is 0 Å². The van der Waals surface area contributed by atoms with Gasteiger partial charge in [-0.15, -0.1) is 0 Å². The second-order valence-corrected chi connectivity index (χ2v) is 9.15. The van der Waals surface area contributed by atoms with E-state index in [9.17, 15) is 18.0 Å². The Morgan fingerprint density at radius 2 is 1.81 bits per heavy atom. The lowest BCUT2D eigenvalue weighted by Gasteiger charge is -2.26. The van der Waals surface area contributed by atoms with Crippen LogP contribution in [-0.2, 0) is 35.6 Å². The van der Waals surface area contributed by atoms with Gasteiger partial charge in [0, 0.05) is 25.9 Å². The van der Waals surface area contributed by atoms with Crippen molar-refractivity contribution in [1.82, 2.24) is 4.31 Å². The van der Waals surface area contributed by atoms with Gasteiger partial charge in [-0.05, 0) is 42.8 Å². The molecule has 0 saturated carbocycles. The lowest BCUT2D eigenvalue weighted by atomic mass is 10.1. The van der Waals surface area contributed by atoms with Crippen LogP contribution in [0.25, 0.3) is 0 Å². The molecule has 0 bridgehead atoms. The molecular weight excluding hydrogens is 436 g/mol. The van der Waals surface area contributed by atoms with Crippen molar-refractivity contribution >= 4 is 27.6 Å². The first-order chi connectivity index (χ1) is 15.3. The molecule has 0 aliphatic carbocycles. The number of carbonyl (C=O) groups is 2. The number of benzene rings is 2. The van der Waals surface area contributed by atoms with Crippen LogP contribution in [-0.4, -0.2) is 64.1 Å². The Morgan fingerprint density at radius 1 is 1.12 bits per heavy atom. The third kappa shape index (κ3) is 5.92. The summed E-state index contributed by atoms with van der Waals surface area (Å²) < 4.78 is 42.4. The molecule has 32 heavy (non-hydrogen) atoms. The van der Waals surface area contributed by atoms with E-state index in [0.717, 1.165) is 5.56 Å². The summed E-state index contributed by atoms with van der Waals surface area (Å²) in [6.07, 6.45) is -1.08. The summed E-state index contributed by atoms with van der Waals surface area (Å²) in [7, 11) is -2.12. The second kappa shape index (κ2) is 10.7. The minimum Gasteiger partial charge on any atom is -0.449 e. The average molecular weight is 463 g/mol. The number of ether oxygens (including phenoxy) is 3. The van der Waals surface area contributed by atoms with Crippen molar-refractivity contribution in [2.75, 3.05) is 38.7 Å². The van der Waals surface area contributed by atoms with E-state index >= 15 is 0 Å². The Kier molecular flexibility index (Phi) is 7.97. The summed E-state index contributed by atoms with van der Waals surface area (Å²) in [5.74, 6) is -1.21. The number of hydrogen-bond donors (Lipinski definition) is 1. The molecule has 1 atom stereocenters. The van der Waals surface area contributed by atoms with Crippen LogP contribution in [0.3, 0.4) is 0 Å². The lowest BCUT2D eigenvalue weighted by molar-refractivity contribution is -0.123. The first-order valence-electron chi connectivity index (χ1n) is 10.1. The fraction of sp³-hybridized carbons (Fsp3) is 0.364. The Balaban J connectivity index is 1.62. The van der Waals surface area contributed by atoms with Crippen LogP contribution in [0.15, 0.2) is 53.4 Å². The summed E-state index contributed by atoms with van der Waals surface area (Å²) in [5, 5.41) is 2.60. The quantitative estimate of drug-likeness (QED) is 0.598. The minimum absolute atomic E-state index is 0.0676. The van der Waals surface area contributed by atoms with Gasteiger partial charge in [0.05, 0.1) is 30.3 Å². The number of methoxy groups -OCH3 is 1. The Bertz CT molecular complexity index is 1050. The van der Waals surface area contributed by atoms with Gasteiger partial charge in [-0.25, -0.2) is 13.2 Å². The highest BCUT2D eigenvalue weighted by Gasteiger charge is 2.27. The maximum absolute atomic E-state index is 12.8. The SMILES string of the molecule is COCc1ccc(C(=O)OC(C)C(=O)Nc2cccc(S(=O)(=O)N3CCOCC3)c2)cc1. The normalized spacial score (nSPS) is 15.7. The molecule has 9 nitrogen and oxygen atoms in total. The van der Waals surface area contributed by atoms with E-state index < -0.39 is 28.0 Å². The van der Waals surface area contributed by atoms with Gasteiger partial charge in [-0.2, -0.15) is 4.31 Å². The summed E-state index contributed by atoms with van der Waals surface area (Å²) in [5.41, 5.74) is 1.50. The highest BCUT2D eigenvalue weighted by atomic mass is 32.2. The molecule has 0 aromatic heterocycles. The molecule has 1 aliphatic heterocycles. The molecule has 1 unspecified atom stereocenters. The van der Waals surface area contributed by atoms with Crippen molar-refractivity contribution in [3.05, 3.63) is 59.7 Å². The second-order valence-electron chi connectivity index (χ2n) is 7.21. The number of nitrogens with one attached hydrogen (secondary N) is 1. The number of esters is 1. The summed E-state index contributed by atoms with van der Waals surface area (Å²) in [6, 6.07) is 12.6. The molecule has 10 heteroatoms. The molecule has 1 saturated heterocycles. The Morgan fingerprint density at radius 3 is 2.47 bits per heavy atom. The van der Waals surface area contributed by atoms with E-state index in [1.165, 1.54) is 23.4 Å². The molecule has 1 amide bonds. The van der Waals surface area contributed by atoms with Gasteiger partial charge >= 0.3 is 5.97 Å². The Hall–Kier alpha value is -2.79. The molecule has 2 aromatic carbocycles. The van der Waals surface area contributed by atoms with Gasteiger partial charge in [0.15, 0.2) is 6.10 Å². The van der Waals surface area contributed by atoms with Crippen LogP contribution in [0.4, 0.5) is 5.69 Å². The van der Waals surface area contributed by atoms with Crippen LogP contribution in [0, 0.1) is 0 Å². The standard InChI is InChI=1S/C22H26N2O7S/c1-16(31-22(26)18-8-6-17(7-9-18)15-29-2)21(25)23-19-4-3-5-20(14-19)32(27,28)24-10-12-30-13-11-24/h3-9,14,16H,10-13,15H2,1-2H3,(H,23,25). The van der Waals surface area contributed by atoms with Crippen LogP contribution < -0.4 is 5.32 Å². The minimum atomic E-state index is -3.70. The third-order valence-electron chi connectivity index (χ3n) is 4.86. The number of hydrogen-bond acceptors (Lipinski definition) is 7. The first kappa shape index (κ1) is 23.9. The van der Waals surface area contributed by atoms with Gasteiger partial charge < -0.3 is 19.5 Å². The molecule has 0 spiro atoms. The van der Waals surface area contributed by atoms with Crippen molar-refractivity contribution in [3.8, 4) is 0 Å². The lowest BCUT2D eigenvalue weighted by Crippen LogP contribution is -2.40. The molecule has 1 fully saturated rings. The molecule has 0 radical (unpaired) electrons. The van der Waals surface area contributed by atoms with Gasteiger partial charge in [-0.1, -0.05) is 18.2 Å². The maximum Gasteiger partial charge on any atom is 0.338 e. The maximum atomic E-state index is 12.8. The predicted octanol–water partition coefficient (Wildman–Crippen LogP) is 2.04. The average Bonchev–Trinajstić information content (AvgIpc) is 2.80. The fourth-order valence-corrected chi connectivity index (χ4v) is 4.55. The smallest absolute Gasteiger partial charge is 0.338 e. The van der Waals surface area contributed by atoms with Crippen molar-refractivity contribution in [1.29, 1.82) is 0 Å². The van der Waals surface area contributed by atoms with E-state index in [2.05, 4.69) is 5.32 Å². The number of morpholine rings is 1. The number of sulfonamides is 1.